The lowest BCUT2D eigenvalue weighted by atomic mass is 10.0. The number of fused-ring (bicyclic) bond motifs is 1. The van der Waals surface area contributed by atoms with Crippen LogP contribution in [0.4, 0.5) is 0 Å². The number of benzene rings is 1. The average molecular weight is 366 g/mol. The number of nitrogens with one attached hydrogen (secondary N) is 1. The molecule has 140 valence electrons. The molecule has 0 aliphatic carbocycles. The Labute approximate surface area is 157 Å². The first-order valence-electron chi connectivity index (χ1n) is 9.07. The second kappa shape index (κ2) is 7.36. The van der Waals surface area contributed by atoms with Gasteiger partial charge in [0.05, 0.1) is 7.11 Å². The third-order valence-corrected chi connectivity index (χ3v) is 5.19. The SMILES string of the molecule is COc1ccc(-c2ccc(C(=O)N3CCN4CCNC(=O)[C@H]4C3)cc2)cn1. The molecule has 7 heteroatoms. The second-order valence-corrected chi connectivity index (χ2v) is 6.76. The fraction of sp³-hybridized carbons (Fsp3) is 0.350. The molecule has 2 fully saturated rings. The molecule has 7 nitrogen and oxygen atoms in total. The van der Waals surface area contributed by atoms with E-state index >= 15 is 0 Å². The standard InChI is InChI=1S/C20H22N4O3/c1-27-18-7-6-16(12-22-18)14-2-4-15(5-3-14)20(26)24-11-10-23-9-8-21-19(25)17(23)13-24/h2-7,12,17H,8-11,13H2,1H3,(H,21,25)/t17-/m1/s1. The van der Waals surface area contributed by atoms with E-state index in [4.69, 9.17) is 4.74 Å². The Morgan fingerprint density at radius 1 is 1.11 bits per heavy atom. The number of piperazine rings is 2. The highest BCUT2D eigenvalue weighted by molar-refractivity contribution is 5.95. The maximum atomic E-state index is 12.9. The maximum absolute atomic E-state index is 12.9. The van der Waals surface area contributed by atoms with Gasteiger partial charge in [0.2, 0.25) is 11.8 Å². The highest BCUT2D eigenvalue weighted by Crippen LogP contribution is 2.22. The number of hydrogen-bond acceptors (Lipinski definition) is 5. The van der Waals surface area contributed by atoms with E-state index in [0.29, 0.717) is 31.1 Å². The lowest BCUT2D eigenvalue weighted by Gasteiger charge is -2.43. The van der Waals surface area contributed by atoms with Gasteiger partial charge in [-0.05, 0) is 23.8 Å². The van der Waals surface area contributed by atoms with Crippen molar-refractivity contribution in [1.82, 2.24) is 20.1 Å². The summed E-state index contributed by atoms with van der Waals surface area (Å²) in [6.45, 7) is 3.36. The largest absolute Gasteiger partial charge is 0.481 e. The predicted octanol–water partition coefficient (Wildman–Crippen LogP) is 1.01. The molecule has 2 aliphatic rings. The molecule has 2 amide bonds. The number of rotatable bonds is 3. The van der Waals surface area contributed by atoms with Crippen molar-refractivity contribution < 1.29 is 14.3 Å². The molecule has 1 aromatic carbocycles. The van der Waals surface area contributed by atoms with Crippen molar-refractivity contribution in [3.05, 3.63) is 48.2 Å². The highest BCUT2D eigenvalue weighted by Gasteiger charge is 2.36. The summed E-state index contributed by atoms with van der Waals surface area (Å²) in [5, 5.41) is 2.88. The molecule has 0 saturated carbocycles. The van der Waals surface area contributed by atoms with Crippen LogP contribution < -0.4 is 10.1 Å². The number of pyridine rings is 1. The Kier molecular flexibility index (Phi) is 4.77. The van der Waals surface area contributed by atoms with Crippen LogP contribution in [0.3, 0.4) is 0 Å². The normalized spacial score (nSPS) is 20.0. The predicted molar refractivity (Wildman–Crippen MR) is 100 cm³/mol. The lowest BCUT2D eigenvalue weighted by molar-refractivity contribution is -0.131. The third kappa shape index (κ3) is 3.50. The molecule has 0 bridgehead atoms. The molecule has 2 aromatic rings. The summed E-state index contributed by atoms with van der Waals surface area (Å²) in [5.74, 6) is 0.546. The average Bonchev–Trinajstić information content (AvgIpc) is 2.73. The maximum Gasteiger partial charge on any atom is 0.253 e. The zero-order valence-corrected chi connectivity index (χ0v) is 15.2. The summed E-state index contributed by atoms with van der Waals surface area (Å²) in [5.41, 5.74) is 2.57. The molecule has 27 heavy (non-hydrogen) atoms. The minimum absolute atomic E-state index is 0.0149. The van der Waals surface area contributed by atoms with Crippen LogP contribution >= 0.6 is 0 Å². The zero-order chi connectivity index (χ0) is 18.8. The molecular weight excluding hydrogens is 344 g/mol. The van der Waals surface area contributed by atoms with Crippen LogP contribution in [-0.4, -0.2) is 72.5 Å². The van der Waals surface area contributed by atoms with Crippen LogP contribution in [0, 0.1) is 0 Å². The Bertz CT molecular complexity index is 835. The van der Waals surface area contributed by atoms with Gasteiger partial charge in [0.15, 0.2) is 0 Å². The molecule has 0 spiro atoms. The molecule has 1 aromatic heterocycles. The van der Waals surface area contributed by atoms with Crippen LogP contribution in [0.5, 0.6) is 5.88 Å². The van der Waals surface area contributed by atoms with E-state index in [1.165, 1.54) is 0 Å². The number of aromatic nitrogens is 1. The quantitative estimate of drug-likeness (QED) is 0.878. The van der Waals surface area contributed by atoms with Crippen LogP contribution in [0.1, 0.15) is 10.4 Å². The van der Waals surface area contributed by atoms with Crippen molar-refractivity contribution in [1.29, 1.82) is 0 Å². The minimum Gasteiger partial charge on any atom is -0.481 e. The molecule has 0 unspecified atom stereocenters. The van der Waals surface area contributed by atoms with E-state index in [1.54, 1.807) is 18.2 Å². The van der Waals surface area contributed by atoms with Gasteiger partial charge in [0, 0.05) is 56.1 Å². The van der Waals surface area contributed by atoms with Gasteiger partial charge in [0.25, 0.3) is 5.91 Å². The first-order chi connectivity index (χ1) is 13.2. The van der Waals surface area contributed by atoms with Gasteiger partial charge in [-0.3, -0.25) is 14.5 Å². The van der Waals surface area contributed by atoms with Crippen molar-refractivity contribution in [2.45, 2.75) is 6.04 Å². The number of nitrogens with zero attached hydrogens (tertiary/aromatic N) is 3. The fourth-order valence-corrected chi connectivity index (χ4v) is 3.62. The van der Waals surface area contributed by atoms with E-state index < -0.39 is 0 Å². The molecule has 0 radical (unpaired) electrons. The summed E-state index contributed by atoms with van der Waals surface area (Å²) in [7, 11) is 1.58. The van der Waals surface area contributed by atoms with E-state index in [2.05, 4.69) is 15.2 Å². The second-order valence-electron chi connectivity index (χ2n) is 6.76. The molecule has 4 rings (SSSR count). The Morgan fingerprint density at radius 3 is 2.59 bits per heavy atom. The number of amides is 2. The number of ether oxygens (including phenoxy) is 1. The number of hydrogen-bond donors (Lipinski definition) is 1. The lowest BCUT2D eigenvalue weighted by Crippen LogP contribution is -2.64. The Balaban J connectivity index is 1.46. The monoisotopic (exact) mass is 366 g/mol. The van der Waals surface area contributed by atoms with Crippen LogP contribution in [0.2, 0.25) is 0 Å². The number of methoxy groups -OCH3 is 1. The highest BCUT2D eigenvalue weighted by atomic mass is 16.5. The van der Waals surface area contributed by atoms with Crippen LogP contribution in [0.15, 0.2) is 42.6 Å². The van der Waals surface area contributed by atoms with Gasteiger partial charge < -0.3 is 15.0 Å². The summed E-state index contributed by atoms with van der Waals surface area (Å²) in [4.78, 5) is 33.1. The van der Waals surface area contributed by atoms with Gasteiger partial charge >= 0.3 is 0 Å². The topological polar surface area (TPSA) is 74.8 Å². The summed E-state index contributed by atoms with van der Waals surface area (Å²) in [6, 6.07) is 11.0. The molecule has 2 saturated heterocycles. The van der Waals surface area contributed by atoms with Crippen molar-refractivity contribution in [2.75, 3.05) is 39.8 Å². The number of carbonyl (C=O) groups is 2. The smallest absolute Gasteiger partial charge is 0.253 e. The van der Waals surface area contributed by atoms with Crippen molar-refractivity contribution >= 4 is 11.8 Å². The molecular formula is C20H22N4O3. The van der Waals surface area contributed by atoms with Crippen LogP contribution in [-0.2, 0) is 4.79 Å². The van der Waals surface area contributed by atoms with Crippen molar-refractivity contribution in [3.63, 3.8) is 0 Å². The molecule has 1 N–H and O–H groups in total. The van der Waals surface area contributed by atoms with Crippen LogP contribution in [0.25, 0.3) is 11.1 Å². The van der Waals surface area contributed by atoms with Crippen molar-refractivity contribution in [3.8, 4) is 17.0 Å². The fourth-order valence-electron chi connectivity index (χ4n) is 3.62. The molecule has 3 heterocycles. The first-order valence-corrected chi connectivity index (χ1v) is 9.07. The summed E-state index contributed by atoms with van der Waals surface area (Å²) >= 11 is 0. The van der Waals surface area contributed by atoms with Gasteiger partial charge in [-0.2, -0.15) is 0 Å². The number of carbonyl (C=O) groups excluding carboxylic acids is 2. The van der Waals surface area contributed by atoms with Gasteiger partial charge in [0.1, 0.15) is 6.04 Å². The summed E-state index contributed by atoms with van der Waals surface area (Å²) < 4.78 is 5.07. The summed E-state index contributed by atoms with van der Waals surface area (Å²) in [6.07, 6.45) is 1.75. The molecule has 1 atom stereocenters. The Hall–Kier alpha value is -2.93. The first kappa shape index (κ1) is 17.5. The minimum atomic E-state index is -0.235. The third-order valence-electron chi connectivity index (χ3n) is 5.19. The van der Waals surface area contributed by atoms with E-state index in [1.807, 2.05) is 36.4 Å². The van der Waals surface area contributed by atoms with E-state index in [-0.39, 0.29) is 17.9 Å². The zero-order valence-electron chi connectivity index (χ0n) is 15.2. The van der Waals surface area contributed by atoms with E-state index in [0.717, 1.165) is 24.2 Å². The van der Waals surface area contributed by atoms with E-state index in [9.17, 15) is 9.59 Å². The van der Waals surface area contributed by atoms with Crippen molar-refractivity contribution in [2.24, 2.45) is 0 Å². The molecule has 2 aliphatic heterocycles. The Morgan fingerprint density at radius 2 is 1.89 bits per heavy atom. The van der Waals surface area contributed by atoms with Gasteiger partial charge in [-0.15, -0.1) is 0 Å². The van der Waals surface area contributed by atoms with Gasteiger partial charge in [-0.1, -0.05) is 12.1 Å². The van der Waals surface area contributed by atoms with Gasteiger partial charge in [-0.25, -0.2) is 4.98 Å².